The summed E-state index contributed by atoms with van der Waals surface area (Å²) in [5.74, 6) is 0.471. The molecule has 180 valence electrons. The lowest BCUT2D eigenvalue weighted by molar-refractivity contribution is -0.137. The van der Waals surface area contributed by atoms with Gasteiger partial charge < -0.3 is 10.6 Å². The highest BCUT2D eigenvalue weighted by molar-refractivity contribution is 6.33. The van der Waals surface area contributed by atoms with Gasteiger partial charge in [0.2, 0.25) is 5.82 Å². The minimum atomic E-state index is -4.57. The number of hydrogen-bond donors (Lipinski definition) is 2. The van der Waals surface area contributed by atoms with Crippen LogP contribution in [-0.4, -0.2) is 30.8 Å². The molecule has 0 radical (unpaired) electrons. The largest absolute Gasteiger partial charge is 0.416 e. The highest BCUT2D eigenvalue weighted by Gasteiger charge is 2.31. The molecule has 0 bridgehead atoms. The molecule has 0 unspecified atom stereocenters. The van der Waals surface area contributed by atoms with Gasteiger partial charge in [-0.2, -0.15) is 22.8 Å². The van der Waals surface area contributed by atoms with Crippen molar-refractivity contribution in [1.82, 2.24) is 24.8 Å². The zero-order valence-electron chi connectivity index (χ0n) is 18.2. The number of pyridine rings is 1. The third kappa shape index (κ3) is 4.82. The molecule has 0 aliphatic carbocycles. The minimum Gasteiger partial charge on any atom is -0.308 e. The van der Waals surface area contributed by atoms with Crippen LogP contribution in [0.25, 0.3) is 28.4 Å². The van der Waals surface area contributed by atoms with Crippen LogP contribution in [0.5, 0.6) is 0 Å². The second-order valence-electron chi connectivity index (χ2n) is 7.58. The van der Waals surface area contributed by atoms with E-state index in [-0.39, 0.29) is 10.7 Å². The first-order chi connectivity index (χ1) is 17.3. The molecular formula is C24H15ClF3N7O. The quantitative estimate of drug-likeness (QED) is 0.302. The van der Waals surface area contributed by atoms with E-state index in [1.807, 2.05) is 6.07 Å². The maximum absolute atomic E-state index is 13.0. The van der Waals surface area contributed by atoms with Gasteiger partial charge in [0.15, 0.2) is 5.65 Å². The number of benzene rings is 2. The maximum Gasteiger partial charge on any atom is 0.416 e. The summed E-state index contributed by atoms with van der Waals surface area (Å²) >= 11 is 5.96. The van der Waals surface area contributed by atoms with Crippen molar-refractivity contribution >= 4 is 34.7 Å². The van der Waals surface area contributed by atoms with Crippen LogP contribution in [0.3, 0.4) is 0 Å². The van der Waals surface area contributed by atoms with E-state index in [0.29, 0.717) is 34.1 Å². The van der Waals surface area contributed by atoms with E-state index in [4.69, 9.17) is 11.6 Å². The lowest BCUT2D eigenvalue weighted by Gasteiger charge is -2.13. The predicted molar refractivity (Wildman–Crippen MR) is 129 cm³/mol. The summed E-state index contributed by atoms with van der Waals surface area (Å²) in [6, 6.07) is 17.7. The molecule has 3 aromatic heterocycles. The third-order valence-electron chi connectivity index (χ3n) is 5.11. The minimum absolute atomic E-state index is 0.0259. The highest BCUT2D eigenvalue weighted by atomic mass is 35.5. The van der Waals surface area contributed by atoms with Crippen molar-refractivity contribution in [3.63, 3.8) is 0 Å². The molecule has 2 aromatic carbocycles. The number of alkyl halides is 3. The van der Waals surface area contributed by atoms with Gasteiger partial charge in [-0.3, -0.25) is 4.98 Å². The molecule has 2 N–H and O–H groups in total. The standard InChI is InChI=1S/C24H15ClF3N7O/c25-17-8-7-15(24(26,27)28)13-20(17)31-23(36)30-16-5-3-4-14(12-16)18-9-10-21-32-33-22(35(21)34-18)19-6-1-2-11-29-19/h1-13H,(H2,30,31,36). The van der Waals surface area contributed by atoms with Crippen molar-refractivity contribution < 1.29 is 18.0 Å². The zero-order chi connectivity index (χ0) is 25.3. The Morgan fingerprint density at radius 3 is 2.53 bits per heavy atom. The van der Waals surface area contributed by atoms with Gasteiger partial charge in [0.25, 0.3) is 0 Å². The summed E-state index contributed by atoms with van der Waals surface area (Å²) in [5, 5.41) is 17.8. The average molecular weight is 510 g/mol. The van der Waals surface area contributed by atoms with E-state index in [1.54, 1.807) is 59.2 Å². The average Bonchev–Trinajstić information content (AvgIpc) is 3.29. The van der Waals surface area contributed by atoms with Crippen molar-refractivity contribution in [3.05, 3.63) is 89.6 Å². The Hall–Kier alpha value is -4.51. The molecule has 0 saturated heterocycles. The number of amides is 2. The summed E-state index contributed by atoms with van der Waals surface area (Å²) in [7, 11) is 0. The van der Waals surface area contributed by atoms with Gasteiger partial charge in [-0.1, -0.05) is 29.8 Å². The molecule has 0 spiro atoms. The molecule has 5 rings (SSSR count). The maximum atomic E-state index is 13.0. The summed E-state index contributed by atoms with van der Waals surface area (Å²) in [5.41, 5.74) is 1.69. The number of nitrogens with one attached hydrogen (secondary N) is 2. The summed E-state index contributed by atoms with van der Waals surface area (Å²) < 4.78 is 40.6. The summed E-state index contributed by atoms with van der Waals surface area (Å²) in [6.07, 6.45) is -2.92. The monoisotopic (exact) mass is 509 g/mol. The molecule has 36 heavy (non-hydrogen) atoms. The van der Waals surface area contributed by atoms with Gasteiger partial charge >= 0.3 is 12.2 Å². The third-order valence-corrected chi connectivity index (χ3v) is 5.44. The fraction of sp³-hybridized carbons (Fsp3) is 0.0417. The number of hydrogen-bond acceptors (Lipinski definition) is 5. The van der Waals surface area contributed by atoms with Gasteiger partial charge in [0.1, 0.15) is 5.69 Å². The van der Waals surface area contributed by atoms with Crippen molar-refractivity contribution in [1.29, 1.82) is 0 Å². The van der Waals surface area contributed by atoms with E-state index >= 15 is 0 Å². The number of anilines is 2. The first kappa shape index (κ1) is 23.2. The van der Waals surface area contributed by atoms with Crippen LogP contribution in [0.4, 0.5) is 29.3 Å². The molecule has 0 fully saturated rings. The van der Waals surface area contributed by atoms with Gasteiger partial charge in [-0.05, 0) is 54.6 Å². The first-order valence-corrected chi connectivity index (χ1v) is 10.8. The lowest BCUT2D eigenvalue weighted by atomic mass is 10.1. The molecule has 5 aromatic rings. The number of aromatic nitrogens is 5. The smallest absolute Gasteiger partial charge is 0.308 e. The number of fused-ring (bicyclic) bond motifs is 1. The zero-order valence-corrected chi connectivity index (χ0v) is 18.9. The second kappa shape index (κ2) is 9.27. The fourth-order valence-corrected chi connectivity index (χ4v) is 3.60. The summed E-state index contributed by atoms with van der Waals surface area (Å²) in [4.78, 5) is 16.8. The predicted octanol–water partition coefficient (Wildman–Crippen LogP) is 6.17. The van der Waals surface area contributed by atoms with Crippen molar-refractivity contribution in [2.24, 2.45) is 0 Å². The Labute approximate surface area is 206 Å². The lowest BCUT2D eigenvalue weighted by Crippen LogP contribution is -2.20. The topological polar surface area (TPSA) is 97.1 Å². The normalized spacial score (nSPS) is 11.4. The van der Waals surface area contributed by atoms with Crippen LogP contribution in [0.1, 0.15) is 5.56 Å². The Morgan fingerprint density at radius 2 is 1.75 bits per heavy atom. The van der Waals surface area contributed by atoms with E-state index in [0.717, 1.165) is 18.2 Å². The van der Waals surface area contributed by atoms with Crippen LogP contribution < -0.4 is 10.6 Å². The van der Waals surface area contributed by atoms with Crippen LogP contribution >= 0.6 is 11.6 Å². The van der Waals surface area contributed by atoms with E-state index in [2.05, 4.69) is 30.9 Å². The number of urea groups is 1. The Kier molecular flexibility index (Phi) is 5.98. The Bertz CT molecular complexity index is 1570. The van der Waals surface area contributed by atoms with Gasteiger partial charge in [0, 0.05) is 17.4 Å². The first-order valence-electron chi connectivity index (χ1n) is 10.5. The van der Waals surface area contributed by atoms with E-state index in [1.165, 1.54) is 0 Å². The number of nitrogens with zero attached hydrogens (tertiary/aromatic N) is 5. The molecular weight excluding hydrogens is 495 g/mol. The fourth-order valence-electron chi connectivity index (χ4n) is 3.44. The Morgan fingerprint density at radius 1 is 0.889 bits per heavy atom. The van der Waals surface area contributed by atoms with E-state index < -0.39 is 17.8 Å². The second-order valence-corrected chi connectivity index (χ2v) is 7.99. The highest BCUT2D eigenvalue weighted by Crippen LogP contribution is 2.34. The van der Waals surface area contributed by atoms with Crippen molar-refractivity contribution in [2.45, 2.75) is 6.18 Å². The number of rotatable bonds is 4. The summed E-state index contributed by atoms with van der Waals surface area (Å²) in [6.45, 7) is 0. The van der Waals surface area contributed by atoms with Gasteiger partial charge in [-0.15, -0.1) is 10.2 Å². The molecule has 2 amide bonds. The van der Waals surface area contributed by atoms with Crippen LogP contribution in [0.2, 0.25) is 5.02 Å². The van der Waals surface area contributed by atoms with Crippen molar-refractivity contribution in [3.8, 4) is 22.8 Å². The molecule has 8 nitrogen and oxygen atoms in total. The van der Waals surface area contributed by atoms with Crippen molar-refractivity contribution in [2.75, 3.05) is 10.6 Å². The number of halogens is 4. The molecule has 0 atom stereocenters. The SMILES string of the molecule is O=C(Nc1cccc(-c2ccc3nnc(-c4ccccn4)n3n2)c1)Nc1cc(C(F)(F)F)ccc1Cl. The molecule has 12 heteroatoms. The van der Waals surface area contributed by atoms with E-state index in [9.17, 15) is 18.0 Å². The van der Waals surface area contributed by atoms with Gasteiger partial charge in [0.05, 0.1) is 22.0 Å². The molecule has 0 saturated carbocycles. The van der Waals surface area contributed by atoms with Gasteiger partial charge in [-0.25, -0.2) is 4.79 Å². The van der Waals surface area contributed by atoms with Crippen LogP contribution in [0, 0.1) is 0 Å². The number of carbonyl (C=O) groups is 1. The molecule has 0 aliphatic rings. The molecule has 3 heterocycles. The van der Waals surface area contributed by atoms with Crippen LogP contribution in [-0.2, 0) is 6.18 Å². The van der Waals surface area contributed by atoms with Crippen LogP contribution in [0.15, 0.2) is 79.0 Å². The number of carbonyl (C=O) groups excluding carboxylic acids is 1. The molecule has 0 aliphatic heterocycles. The Balaban J connectivity index is 1.38.